The zero-order valence-corrected chi connectivity index (χ0v) is 14.0. The fraction of sp³-hybridized carbons (Fsp3) is 0.529. The molecule has 0 saturated carbocycles. The number of carboxylic acids is 1. The van der Waals surface area contributed by atoms with E-state index < -0.39 is 12.0 Å². The van der Waals surface area contributed by atoms with Crippen LogP contribution in [0.2, 0.25) is 0 Å². The van der Waals surface area contributed by atoms with Crippen molar-refractivity contribution in [3.8, 4) is 0 Å². The number of carbonyl (C=O) groups is 1. The Bertz CT molecular complexity index is 474. The Balaban J connectivity index is 2.04. The highest BCUT2D eigenvalue weighted by Gasteiger charge is 2.09. The summed E-state index contributed by atoms with van der Waals surface area (Å²) in [6.45, 7) is 2.88. The molecule has 0 radical (unpaired) electrons. The second-order valence-electron chi connectivity index (χ2n) is 5.63. The Kier molecular flexibility index (Phi) is 8.70. The monoisotopic (exact) mass is 322 g/mol. The topological polar surface area (TPSA) is 75.3 Å². The van der Waals surface area contributed by atoms with Crippen molar-refractivity contribution in [3.05, 3.63) is 35.4 Å². The van der Waals surface area contributed by atoms with E-state index in [0.717, 1.165) is 43.6 Å². The number of nitrogens with one attached hydrogen (secondary N) is 1. The van der Waals surface area contributed by atoms with Crippen molar-refractivity contribution < 1.29 is 9.90 Å². The Labute approximate surface area is 138 Å². The minimum absolute atomic E-state index is 0.511. The number of aliphatic carboxylic acids is 1. The van der Waals surface area contributed by atoms with E-state index in [4.69, 9.17) is 23.1 Å². The number of rotatable bonds is 10. The molecule has 0 spiro atoms. The lowest BCUT2D eigenvalue weighted by molar-refractivity contribution is -0.138. The highest BCUT2D eigenvalue weighted by molar-refractivity contribution is 7.80. The summed E-state index contributed by atoms with van der Waals surface area (Å²) >= 11 is 5.30. The van der Waals surface area contributed by atoms with E-state index in [9.17, 15) is 4.79 Å². The summed E-state index contributed by atoms with van der Waals surface area (Å²) < 4.78 is 0. The Morgan fingerprint density at radius 2 is 1.95 bits per heavy atom. The molecule has 0 aliphatic heterocycles. The quantitative estimate of drug-likeness (QED) is 0.456. The van der Waals surface area contributed by atoms with Gasteiger partial charge in [0.1, 0.15) is 6.04 Å². The molecule has 0 bridgehead atoms. The molecule has 22 heavy (non-hydrogen) atoms. The SMILES string of the molecule is Cc1ccc(CCCC(=S)NCCCCC(N)C(=O)O)cc1. The first-order valence-corrected chi connectivity index (χ1v) is 8.20. The average Bonchev–Trinajstić information content (AvgIpc) is 2.48. The van der Waals surface area contributed by atoms with Gasteiger partial charge in [-0.3, -0.25) is 4.79 Å². The summed E-state index contributed by atoms with van der Waals surface area (Å²) in [5.74, 6) is -0.931. The minimum Gasteiger partial charge on any atom is -0.480 e. The number of unbranched alkanes of at least 4 members (excludes halogenated alkanes) is 1. The molecule has 122 valence electrons. The van der Waals surface area contributed by atoms with Gasteiger partial charge in [0.25, 0.3) is 0 Å². The number of hydrogen-bond donors (Lipinski definition) is 3. The average molecular weight is 322 g/mol. The number of aryl methyl sites for hydroxylation is 2. The maximum atomic E-state index is 10.6. The Morgan fingerprint density at radius 1 is 1.27 bits per heavy atom. The molecule has 4 N–H and O–H groups in total. The van der Waals surface area contributed by atoms with Crippen molar-refractivity contribution in [1.29, 1.82) is 0 Å². The van der Waals surface area contributed by atoms with Gasteiger partial charge in [0.05, 0.1) is 4.99 Å². The van der Waals surface area contributed by atoms with Crippen LogP contribution in [0.5, 0.6) is 0 Å². The summed E-state index contributed by atoms with van der Waals surface area (Å²) in [4.78, 5) is 11.4. The molecule has 0 aliphatic carbocycles. The molecule has 1 aromatic rings. The third-order valence-electron chi connectivity index (χ3n) is 3.57. The van der Waals surface area contributed by atoms with E-state index in [2.05, 4.69) is 36.5 Å². The predicted molar refractivity (Wildman–Crippen MR) is 94.2 cm³/mol. The number of benzene rings is 1. The first kappa shape index (κ1) is 18.6. The fourth-order valence-electron chi connectivity index (χ4n) is 2.14. The highest BCUT2D eigenvalue weighted by atomic mass is 32.1. The molecule has 5 heteroatoms. The van der Waals surface area contributed by atoms with Crippen LogP contribution in [-0.4, -0.2) is 28.7 Å². The molecule has 0 aliphatic rings. The van der Waals surface area contributed by atoms with E-state index in [1.165, 1.54) is 11.1 Å². The molecule has 1 unspecified atom stereocenters. The molecule has 4 nitrogen and oxygen atoms in total. The summed E-state index contributed by atoms with van der Waals surface area (Å²) in [5.41, 5.74) is 8.07. The lowest BCUT2D eigenvalue weighted by atomic mass is 10.1. The Morgan fingerprint density at radius 3 is 2.59 bits per heavy atom. The van der Waals surface area contributed by atoms with Gasteiger partial charge in [-0.2, -0.15) is 0 Å². The molecule has 0 amide bonds. The van der Waals surface area contributed by atoms with Crippen LogP contribution in [0.1, 0.15) is 43.2 Å². The van der Waals surface area contributed by atoms with Gasteiger partial charge in [0, 0.05) is 6.54 Å². The van der Waals surface area contributed by atoms with Gasteiger partial charge in [-0.05, 0) is 51.0 Å². The van der Waals surface area contributed by atoms with Gasteiger partial charge < -0.3 is 16.2 Å². The van der Waals surface area contributed by atoms with Gasteiger partial charge in [-0.15, -0.1) is 0 Å². The first-order chi connectivity index (χ1) is 10.5. The third kappa shape index (κ3) is 8.10. The first-order valence-electron chi connectivity index (χ1n) is 7.79. The van der Waals surface area contributed by atoms with Crippen LogP contribution in [0.25, 0.3) is 0 Å². The molecule has 0 aromatic heterocycles. The number of hydrogen-bond acceptors (Lipinski definition) is 3. The van der Waals surface area contributed by atoms with E-state index >= 15 is 0 Å². The summed E-state index contributed by atoms with van der Waals surface area (Å²) in [6.07, 6.45) is 5.16. The van der Waals surface area contributed by atoms with Crippen molar-refractivity contribution >= 4 is 23.2 Å². The number of nitrogens with two attached hydrogens (primary N) is 1. The summed E-state index contributed by atoms with van der Waals surface area (Å²) in [5, 5.41) is 11.9. The number of thiocarbonyl (C=S) groups is 1. The molecular formula is C17H26N2O2S. The van der Waals surface area contributed by atoms with E-state index in [1.54, 1.807) is 0 Å². The van der Waals surface area contributed by atoms with Gasteiger partial charge in [0.15, 0.2) is 0 Å². The molecule has 0 fully saturated rings. The standard InChI is InChI=1S/C17H26N2O2S/c1-13-8-10-14(11-9-13)5-4-7-16(22)19-12-3-2-6-15(18)17(20)21/h8-11,15H,2-7,12,18H2,1H3,(H,19,22)(H,20,21). The van der Waals surface area contributed by atoms with E-state index in [0.29, 0.717) is 6.42 Å². The van der Waals surface area contributed by atoms with Crippen LogP contribution < -0.4 is 11.1 Å². The smallest absolute Gasteiger partial charge is 0.320 e. The summed E-state index contributed by atoms with van der Waals surface area (Å²) in [6, 6.07) is 7.85. The maximum Gasteiger partial charge on any atom is 0.320 e. The lowest BCUT2D eigenvalue weighted by Gasteiger charge is -2.09. The van der Waals surface area contributed by atoms with Gasteiger partial charge >= 0.3 is 5.97 Å². The van der Waals surface area contributed by atoms with E-state index in [-0.39, 0.29) is 0 Å². The zero-order chi connectivity index (χ0) is 16.4. The molecule has 1 rings (SSSR count). The number of carboxylic acid groups (broad SMARTS) is 1. The van der Waals surface area contributed by atoms with Crippen molar-refractivity contribution in [2.75, 3.05) is 6.54 Å². The molecule has 1 atom stereocenters. The van der Waals surface area contributed by atoms with Gasteiger partial charge in [0.2, 0.25) is 0 Å². The van der Waals surface area contributed by atoms with Crippen molar-refractivity contribution in [1.82, 2.24) is 5.32 Å². The van der Waals surface area contributed by atoms with Crippen molar-refractivity contribution in [2.45, 2.75) is 51.5 Å². The molecular weight excluding hydrogens is 296 g/mol. The van der Waals surface area contributed by atoms with Crippen LogP contribution in [0.4, 0.5) is 0 Å². The van der Waals surface area contributed by atoms with Gasteiger partial charge in [-0.1, -0.05) is 42.0 Å². The van der Waals surface area contributed by atoms with Crippen molar-refractivity contribution in [3.63, 3.8) is 0 Å². The van der Waals surface area contributed by atoms with Crippen LogP contribution >= 0.6 is 12.2 Å². The van der Waals surface area contributed by atoms with Gasteiger partial charge in [-0.25, -0.2) is 0 Å². The normalized spacial score (nSPS) is 11.9. The third-order valence-corrected chi connectivity index (χ3v) is 3.92. The van der Waals surface area contributed by atoms with Crippen LogP contribution in [-0.2, 0) is 11.2 Å². The fourth-order valence-corrected chi connectivity index (χ4v) is 2.38. The van der Waals surface area contributed by atoms with Crippen LogP contribution in [0.15, 0.2) is 24.3 Å². The highest BCUT2D eigenvalue weighted by Crippen LogP contribution is 2.07. The zero-order valence-electron chi connectivity index (χ0n) is 13.2. The molecule has 0 heterocycles. The van der Waals surface area contributed by atoms with Crippen molar-refractivity contribution in [2.24, 2.45) is 5.73 Å². The largest absolute Gasteiger partial charge is 0.480 e. The second kappa shape index (κ2) is 10.3. The maximum absolute atomic E-state index is 10.6. The van der Waals surface area contributed by atoms with E-state index in [1.807, 2.05) is 0 Å². The Hall–Kier alpha value is -1.46. The van der Waals surface area contributed by atoms with Crippen LogP contribution in [0.3, 0.4) is 0 Å². The summed E-state index contributed by atoms with van der Waals surface area (Å²) in [7, 11) is 0. The molecule has 0 saturated heterocycles. The predicted octanol–water partition coefficient (Wildman–Crippen LogP) is 2.82. The molecule has 1 aromatic carbocycles. The lowest BCUT2D eigenvalue weighted by Crippen LogP contribution is -2.30. The minimum atomic E-state index is -0.931. The van der Waals surface area contributed by atoms with Crippen LogP contribution in [0, 0.1) is 6.92 Å². The second-order valence-corrected chi connectivity index (χ2v) is 6.12.